The molecule has 1 N–H and O–H groups in total. The zero-order chi connectivity index (χ0) is 21.1. The molecule has 30 heavy (non-hydrogen) atoms. The highest BCUT2D eigenvalue weighted by molar-refractivity contribution is 7.89. The number of benzene rings is 2. The molecular formula is C22H26N2O5S. The molecule has 0 spiro atoms. The number of nitrogens with one attached hydrogen (secondary N) is 1. The van der Waals surface area contributed by atoms with Crippen molar-refractivity contribution in [2.24, 2.45) is 0 Å². The molecule has 1 atom stereocenters. The number of ether oxygens (including phenoxy) is 2. The second kappa shape index (κ2) is 8.65. The van der Waals surface area contributed by atoms with E-state index in [-0.39, 0.29) is 23.5 Å². The lowest BCUT2D eigenvalue weighted by atomic mass is 10.1. The molecule has 0 saturated carbocycles. The molecule has 2 aromatic carbocycles. The highest BCUT2D eigenvalue weighted by Gasteiger charge is 2.27. The van der Waals surface area contributed by atoms with Crippen LogP contribution in [0, 0.1) is 6.92 Å². The Balaban J connectivity index is 1.45. The first kappa shape index (κ1) is 20.7. The molecule has 0 unspecified atom stereocenters. The zero-order valence-corrected chi connectivity index (χ0v) is 17.8. The first-order valence-corrected chi connectivity index (χ1v) is 11.7. The monoisotopic (exact) mass is 430 g/mol. The molecule has 160 valence electrons. The van der Waals surface area contributed by atoms with Crippen LogP contribution < -0.4 is 14.8 Å². The fourth-order valence-electron chi connectivity index (χ4n) is 3.73. The van der Waals surface area contributed by atoms with Crippen molar-refractivity contribution in [2.75, 3.05) is 26.2 Å². The normalized spacial score (nSPS) is 19.3. The van der Waals surface area contributed by atoms with Gasteiger partial charge in [-0.3, -0.25) is 4.79 Å². The summed E-state index contributed by atoms with van der Waals surface area (Å²) in [5, 5.41) is 2.85. The molecule has 0 radical (unpaired) electrons. The van der Waals surface area contributed by atoms with Crippen LogP contribution in [0.1, 0.15) is 35.2 Å². The van der Waals surface area contributed by atoms with Gasteiger partial charge < -0.3 is 14.8 Å². The van der Waals surface area contributed by atoms with Gasteiger partial charge in [-0.2, -0.15) is 4.31 Å². The molecule has 0 aromatic heterocycles. The lowest BCUT2D eigenvalue weighted by molar-refractivity contribution is 0.0789. The van der Waals surface area contributed by atoms with Crippen LogP contribution in [0.2, 0.25) is 0 Å². The second-order valence-corrected chi connectivity index (χ2v) is 9.59. The quantitative estimate of drug-likeness (QED) is 0.789. The Labute approximate surface area is 177 Å². The number of hydrogen-bond acceptors (Lipinski definition) is 5. The summed E-state index contributed by atoms with van der Waals surface area (Å²) < 4.78 is 38.9. The smallest absolute Gasteiger partial charge is 0.251 e. The van der Waals surface area contributed by atoms with E-state index in [1.165, 1.54) is 10.4 Å². The van der Waals surface area contributed by atoms with E-state index in [0.717, 1.165) is 24.8 Å². The van der Waals surface area contributed by atoms with E-state index in [1.54, 1.807) is 19.1 Å². The summed E-state index contributed by atoms with van der Waals surface area (Å²) in [5.41, 5.74) is 1.07. The van der Waals surface area contributed by atoms with Crippen LogP contribution in [0.4, 0.5) is 0 Å². The molecule has 2 heterocycles. The van der Waals surface area contributed by atoms with Crippen molar-refractivity contribution in [1.82, 2.24) is 9.62 Å². The van der Waals surface area contributed by atoms with E-state index in [4.69, 9.17) is 9.47 Å². The minimum absolute atomic E-state index is 0.159. The zero-order valence-electron chi connectivity index (χ0n) is 17.0. The number of carbonyl (C=O) groups is 1. The van der Waals surface area contributed by atoms with Gasteiger partial charge in [-0.15, -0.1) is 0 Å². The first-order chi connectivity index (χ1) is 14.4. The van der Waals surface area contributed by atoms with E-state index in [2.05, 4.69) is 5.32 Å². The number of nitrogens with zero attached hydrogens (tertiary/aromatic N) is 1. The third-order valence-corrected chi connectivity index (χ3v) is 7.36. The summed E-state index contributed by atoms with van der Waals surface area (Å²) in [6.07, 6.45) is 2.46. The lowest BCUT2D eigenvalue weighted by Crippen LogP contribution is -2.41. The van der Waals surface area contributed by atoms with Crippen LogP contribution in [0.3, 0.4) is 0 Å². The predicted octanol–water partition coefficient (Wildman–Crippen LogP) is 2.74. The summed E-state index contributed by atoms with van der Waals surface area (Å²) in [7, 11) is -3.60. The average Bonchev–Trinajstić information content (AvgIpc) is 2.78. The van der Waals surface area contributed by atoms with Gasteiger partial charge in [-0.25, -0.2) is 8.42 Å². The van der Waals surface area contributed by atoms with E-state index < -0.39 is 10.0 Å². The molecule has 1 fully saturated rings. The van der Waals surface area contributed by atoms with Crippen LogP contribution in [-0.2, 0) is 10.0 Å². The number of aryl methyl sites for hydroxylation is 1. The molecular weight excluding hydrogens is 404 g/mol. The fraction of sp³-hybridized carbons (Fsp3) is 0.409. The standard InChI is InChI=1S/C22H26N2O5S/c1-16-9-10-18(30(26,27)24-11-5-2-6-12-24)13-19(16)22(25)23-14-17-15-28-20-7-3-4-8-21(20)29-17/h3-4,7-10,13,17H,2,5-6,11-12,14-15H2,1H3,(H,23,25)/t17-/m1/s1. The average molecular weight is 431 g/mol. The minimum Gasteiger partial charge on any atom is -0.486 e. The molecule has 0 aliphatic carbocycles. The minimum atomic E-state index is -3.60. The molecule has 8 heteroatoms. The molecule has 1 saturated heterocycles. The number of sulfonamides is 1. The van der Waals surface area contributed by atoms with Gasteiger partial charge in [0.25, 0.3) is 5.91 Å². The SMILES string of the molecule is Cc1ccc(S(=O)(=O)N2CCCCC2)cc1C(=O)NC[C@@H]1COc2ccccc2O1. The van der Waals surface area contributed by atoms with E-state index in [9.17, 15) is 13.2 Å². The van der Waals surface area contributed by atoms with Gasteiger partial charge in [0.2, 0.25) is 10.0 Å². The van der Waals surface area contributed by atoms with E-state index >= 15 is 0 Å². The summed E-state index contributed by atoms with van der Waals surface area (Å²) in [4.78, 5) is 13.0. The number of piperidine rings is 1. The van der Waals surface area contributed by atoms with Gasteiger partial charge in [0.05, 0.1) is 11.4 Å². The summed E-state index contributed by atoms with van der Waals surface area (Å²) in [5.74, 6) is 1.01. The number of amides is 1. The molecule has 7 nitrogen and oxygen atoms in total. The number of hydrogen-bond donors (Lipinski definition) is 1. The van der Waals surface area contributed by atoms with Crippen LogP contribution in [0.15, 0.2) is 47.4 Å². The second-order valence-electron chi connectivity index (χ2n) is 7.65. The highest BCUT2D eigenvalue weighted by atomic mass is 32.2. The van der Waals surface area contributed by atoms with Crippen LogP contribution in [-0.4, -0.2) is 51.0 Å². The van der Waals surface area contributed by atoms with Gasteiger partial charge >= 0.3 is 0 Å². The molecule has 2 aliphatic rings. The van der Waals surface area contributed by atoms with Crippen molar-refractivity contribution in [1.29, 1.82) is 0 Å². The van der Waals surface area contributed by atoms with Gasteiger partial charge in [0, 0.05) is 18.7 Å². The Hall–Kier alpha value is -2.58. The Bertz CT molecular complexity index is 1030. The topological polar surface area (TPSA) is 84.9 Å². The van der Waals surface area contributed by atoms with Crippen LogP contribution in [0.5, 0.6) is 11.5 Å². The maximum atomic E-state index is 13.0. The Morgan fingerprint density at radius 2 is 1.83 bits per heavy atom. The van der Waals surface area contributed by atoms with Crippen LogP contribution in [0.25, 0.3) is 0 Å². The third kappa shape index (κ3) is 4.29. The number of carbonyl (C=O) groups excluding carboxylic acids is 1. The van der Waals surface area contributed by atoms with Gasteiger partial charge in [0.1, 0.15) is 12.7 Å². The molecule has 2 aromatic rings. The number of fused-ring (bicyclic) bond motifs is 1. The maximum Gasteiger partial charge on any atom is 0.251 e. The van der Waals surface area contributed by atoms with Crippen molar-refractivity contribution in [3.05, 3.63) is 53.6 Å². The number of rotatable bonds is 5. The van der Waals surface area contributed by atoms with Crippen LogP contribution >= 0.6 is 0 Å². The van der Waals surface area contributed by atoms with Gasteiger partial charge in [-0.05, 0) is 49.6 Å². The van der Waals surface area contributed by atoms with Gasteiger partial charge in [0.15, 0.2) is 11.5 Å². The van der Waals surface area contributed by atoms with E-state index in [1.807, 2.05) is 24.3 Å². The highest BCUT2D eigenvalue weighted by Crippen LogP contribution is 2.30. The van der Waals surface area contributed by atoms with Crippen molar-refractivity contribution in [3.63, 3.8) is 0 Å². The molecule has 4 rings (SSSR count). The predicted molar refractivity (Wildman–Crippen MR) is 112 cm³/mol. The van der Waals surface area contributed by atoms with Crippen molar-refractivity contribution < 1.29 is 22.7 Å². The lowest BCUT2D eigenvalue weighted by Gasteiger charge is -2.27. The Morgan fingerprint density at radius 3 is 2.60 bits per heavy atom. The fourth-order valence-corrected chi connectivity index (χ4v) is 5.27. The molecule has 1 amide bonds. The summed E-state index contributed by atoms with van der Waals surface area (Å²) >= 11 is 0. The number of para-hydroxylation sites is 2. The van der Waals surface area contributed by atoms with E-state index in [0.29, 0.717) is 36.8 Å². The Morgan fingerprint density at radius 1 is 1.10 bits per heavy atom. The molecule has 0 bridgehead atoms. The first-order valence-electron chi connectivity index (χ1n) is 10.2. The van der Waals surface area contributed by atoms with Crippen molar-refractivity contribution in [3.8, 4) is 11.5 Å². The van der Waals surface area contributed by atoms with Crippen molar-refractivity contribution in [2.45, 2.75) is 37.2 Å². The Kier molecular flexibility index (Phi) is 5.97. The summed E-state index contributed by atoms with van der Waals surface area (Å²) in [6, 6.07) is 12.1. The third-order valence-electron chi connectivity index (χ3n) is 5.46. The van der Waals surface area contributed by atoms with Crippen molar-refractivity contribution >= 4 is 15.9 Å². The largest absolute Gasteiger partial charge is 0.486 e. The summed E-state index contributed by atoms with van der Waals surface area (Å²) in [6.45, 7) is 3.44. The maximum absolute atomic E-state index is 13.0. The van der Waals surface area contributed by atoms with Gasteiger partial charge in [-0.1, -0.05) is 24.6 Å². The molecule has 2 aliphatic heterocycles.